The van der Waals surface area contributed by atoms with Gasteiger partial charge in [-0.15, -0.1) is 12.6 Å². The molecule has 13 nitrogen and oxygen atoms in total. The second-order valence-corrected chi connectivity index (χ2v) is 9.66. The van der Waals surface area contributed by atoms with Gasteiger partial charge in [0.25, 0.3) is 25.9 Å². The minimum atomic E-state index is -4.93. The first-order valence-corrected chi connectivity index (χ1v) is 11.6. The number of nitrogens with zero attached hydrogens (tertiary/aromatic N) is 1. The maximum Gasteiger partial charge on any atom is 0.296 e. The molecule has 7 N–H and O–H groups in total. The highest BCUT2D eigenvalue weighted by Gasteiger charge is 2.24. The van der Waals surface area contributed by atoms with Crippen LogP contribution in [0.2, 0.25) is 0 Å². The van der Waals surface area contributed by atoms with E-state index < -0.39 is 46.3 Å². The van der Waals surface area contributed by atoms with E-state index in [2.05, 4.69) is 23.5 Å². The summed E-state index contributed by atoms with van der Waals surface area (Å²) < 4.78 is 65.8. The highest BCUT2D eigenvalue weighted by atomic mass is 32.2. The summed E-state index contributed by atoms with van der Waals surface area (Å²) in [4.78, 5) is 8.72. The van der Waals surface area contributed by atoms with Gasteiger partial charge in [0.2, 0.25) is 0 Å². The summed E-state index contributed by atoms with van der Waals surface area (Å²) in [6, 6.07) is 6.09. The Morgan fingerprint density at radius 2 is 1.59 bits per heavy atom. The molecule has 0 atom stereocenters. The fourth-order valence-electron chi connectivity index (χ4n) is 2.91. The van der Waals surface area contributed by atoms with Crippen LogP contribution in [0.15, 0.2) is 51.1 Å². The molecule has 170 valence electrons. The Bertz CT molecular complexity index is 1490. The zero-order chi connectivity index (χ0) is 24.0. The summed E-state index contributed by atoms with van der Waals surface area (Å²) in [7, 11) is -9.74. The summed E-state index contributed by atoms with van der Waals surface area (Å²) >= 11 is 4.09. The molecule has 16 heteroatoms. The number of phenolic OH excluding ortho intramolecular Hbond substituents is 1. The van der Waals surface area contributed by atoms with E-state index in [1.807, 2.05) is 0 Å². The predicted molar refractivity (Wildman–Crippen MR) is 117 cm³/mol. The number of anilines is 3. The fourth-order valence-corrected chi connectivity index (χ4v) is 4.49. The van der Waals surface area contributed by atoms with E-state index in [0.717, 1.165) is 18.2 Å². The number of hydrazine groups is 1. The van der Waals surface area contributed by atoms with Crippen LogP contribution in [0.5, 0.6) is 5.75 Å². The molecule has 32 heavy (non-hydrogen) atoms. The van der Waals surface area contributed by atoms with Crippen LogP contribution in [0.1, 0.15) is 0 Å². The molecular weight excluding hydrogens is 488 g/mol. The molecule has 0 aromatic heterocycles. The van der Waals surface area contributed by atoms with Gasteiger partial charge in [-0.05, 0) is 29.7 Å². The number of fused-ring (bicyclic) bond motifs is 1. The highest BCUT2D eigenvalue weighted by Crippen LogP contribution is 2.41. The predicted octanol–water partition coefficient (Wildman–Crippen LogP) is 2.26. The fraction of sp³-hybridized carbons (Fsp3) is 0. The van der Waals surface area contributed by atoms with Crippen LogP contribution >= 0.6 is 12.6 Å². The summed E-state index contributed by atoms with van der Waals surface area (Å²) in [5.41, 5.74) is 8.84. The van der Waals surface area contributed by atoms with E-state index in [4.69, 9.17) is 5.73 Å². The van der Waals surface area contributed by atoms with Crippen LogP contribution < -0.4 is 16.6 Å². The molecule has 0 radical (unpaired) electrons. The third kappa shape index (κ3) is 4.48. The van der Waals surface area contributed by atoms with Crippen molar-refractivity contribution in [1.82, 2.24) is 0 Å². The topological polar surface area (TPSA) is 222 Å². The van der Waals surface area contributed by atoms with Gasteiger partial charge in [0.05, 0.1) is 27.4 Å². The molecule has 0 aliphatic heterocycles. The summed E-state index contributed by atoms with van der Waals surface area (Å²) in [5.74, 6) is -0.385. The third-order valence-corrected chi connectivity index (χ3v) is 6.30. The molecule has 0 unspecified atom stereocenters. The number of thiol groups is 1. The molecule has 0 aliphatic carbocycles. The molecule has 0 saturated heterocycles. The number of hydrogen-bond donors (Lipinski definition) is 7. The van der Waals surface area contributed by atoms with Gasteiger partial charge in [-0.1, -0.05) is 0 Å². The van der Waals surface area contributed by atoms with E-state index in [1.165, 1.54) is 12.1 Å². The van der Waals surface area contributed by atoms with Crippen LogP contribution in [0.4, 0.5) is 22.7 Å². The smallest absolute Gasteiger partial charge is 0.296 e. The Kier molecular flexibility index (Phi) is 5.83. The number of nitrogens with one attached hydrogen (secondary N) is 2. The average molecular weight is 503 g/mol. The normalized spacial score (nSPS) is 12.0. The largest absolute Gasteiger partial charge is 0.507 e. The molecule has 0 amide bonds. The van der Waals surface area contributed by atoms with Crippen molar-refractivity contribution in [1.29, 1.82) is 0 Å². The van der Waals surface area contributed by atoms with Gasteiger partial charge in [-0.3, -0.25) is 30.1 Å². The van der Waals surface area contributed by atoms with Crippen molar-refractivity contribution >= 4 is 66.4 Å². The zero-order valence-electron chi connectivity index (χ0n) is 15.5. The Morgan fingerprint density at radius 1 is 0.969 bits per heavy atom. The van der Waals surface area contributed by atoms with E-state index in [1.54, 1.807) is 0 Å². The average Bonchev–Trinajstić information content (AvgIpc) is 2.65. The number of hydrogen-bond acceptors (Lipinski definition) is 11. The first kappa shape index (κ1) is 23.4. The van der Waals surface area contributed by atoms with Crippen molar-refractivity contribution < 1.29 is 36.0 Å². The van der Waals surface area contributed by atoms with Gasteiger partial charge >= 0.3 is 0 Å². The Morgan fingerprint density at radius 3 is 2.16 bits per heavy atom. The monoisotopic (exact) mass is 502 g/mol. The first-order chi connectivity index (χ1) is 14.7. The zero-order valence-corrected chi connectivity index (χ0v) is 18.1. The molecular formula is C16H14N4O9S3. The number of nitro groups is 1. The molecule has 0 saturated carbocycles. The molecule has 0 heterocycles. The van der Waals surface area contributed by atoms with Gasteiger partial charge in [0, 0.05) is 17.0 Å². The minimum Gasteiger partial charge on any atom is -0.507 e. The van der Waals surface area contributed by atoms with Crippen molar-refractivity contribution in [3.05, 3.63) is 46.5 Å². The Labute approximate surface area is 185 Å². The SMILES string of the molecule is Nc1c(S(=O)(=O)O)cc2cc(S)cc(O)c2c1NNc1ccc([N+](=O)[O-])cc1S(=O)(=O)O. The minimum absolute atomic E-state index is 0.0180. The summed E-state index contributed by atoms with van der Waals surface area (Å²) in [6.45, 7) is 0. The van der Waals surface area contributed by atoms with Gasteiger partial charge in [0.15, 0.2) is 0 Å². The molecule has 3 aromatic rings. The lowest BCUT2D eigenvalue weighted by Crippen LogP contribution is -2.16. The molecule has 3 rings (SSSR count). The van der Waals surface area contributed by atoms with E-state index in [0.29, 0.717) is 6.07 Å². The maximum absolute atomic E-state index is 11.8. The van der Waals surface area contributed by atoms with Crippen LogP contribution in [0, 0.1) is 10.1 Å². The third-order valence-electron chi connectivity index (χ3n) is 4.26. The van der Waals surface area contributed by atoms with Crippen molar-refractivity contribution in [2.45, 2.75) is 14.7 Å². The second-order valence-electron chi connectivity index (χ2n) is 6.36. The number of benzene rings is 3. The summed E-state index contributed by atoms with van der Waals surface area (Å²) in [5, 5.41) is 21.3. The van der Waals surface area contributed by atoms with Crippen molar-refractivity contribution in [2.24, 2.45) is 0 Å². The summed E-state index contributed by atoms with van der Waals surface area (Å²) in [6.07, 6.45) is 0. The molecule has 0 spiro atoms. The maximum atomic E-state index is 11.8. The Hall–Kier alpha value is -3.31. The highest BCUT2D eigenvalue weighted by molar-refractivity contribution is 7.86. The van der Waals surface area contributed by atoms with Gasteiger partial charge in [0.1, 0.15) is 15.5 Å². The number of rotatable bonds is 6. The second kappa shape index (κ2) is 7.99. The van der Waals surface area contributed by atoms with Crippen LogP contribution in [0.25, 0.3) is 10.8 Å². The quantitative estimate of drug-likeness (QED) is 0.0847. The molecule has 0 bridgehead atoms. The Balaban J connectivity index is 2.20. The standard InChI is InChI=1S/C16H14N4O9S3/c17-15-13(32(27,28)29)4-7-3-9(30)6-11(21)14(7)16(15)19-18-10-2-1-8(20(22)23)5-12(10)31(24,25)26/h1-6,18-19,21,30H,17H2,(H,24,25,26)(H,27,28,29). The van der Waals surface area contributed by atoms with E-state index in [9.17, 15) is 41.2 Å². The van der Waals surface area contributed by atoms with E-state index >= 15 is 0 Å². The van der Waals surface area contributed by atoms with Gasteiger partial charge < -0.3 is 10.8 Å². The van der Waals surface area contributed by atoms with Crippen LogP contribution in [-0.4, -0.2) is 36.0 Å². The van der Waals surface area contributed by atoms with Crippen molar-refractivity contribution in [3.63, 3.8) is 0 Å². The van der Waals surface area contributed by atoms with Gasteiger partial charge in [-0.25, -0.2) is 0 Å². The number of aromatic hydroxyl groups is 1. The van der Waals surface area contributed by atoms with E-state index in [-0.39, 0.29) is 32.8 Å². The number of nitrogens with two attached hydrogens (primary N) is 1. The first-order valence-electron chi connectivity index (χ1n) is 8.23. The van der Waals surface area contributed by atoms with Gasteiger partial charge in [-0.2, -0.15) is 16.8 Å². The number of nitro benzene ring substituents is 1. The van der Waals surface area contributed by atoms with Crippen LogP contribution in [-0.2, 0) is 20.2 Å². The van der Waals surface area contributed by atoms with Crippen LogP contribution in [0.3, 0.4) is 0 Å². The lowest BCUT2D eigenvalue weighted by atomic mass is 10.1. The lowest BCUT2D eigenvalue weighted by molar-refractivity contribution is -0.385. The molecule has 0 aliphatic rings. The molecule has 0 fully saturated rings. The van der Waals surface area contributed by atoms with Crippen molar-refractivity contribution in [3.8, 4) is 5.75 Å². The number of non-ortho nitro benzene ring substituents is 1. The lowest BCUT2D eigenvalue weighted by Gasteiger charge is -2.18. The van der Waals surface area contributed by atoms with Crippen molar-refractivity contribution in [2.75, 3.05) is 16.6 Å². The number of nitrogen functional groups attached to an aromatic ring is 1. The number of phenols is 1. The molecule has 3 aromatic carbocycles.